The van der Waals surface area contributed by atoms with Crippen molar-refractivity contribution in [1.29, 1.82) is 0 Å². The molecule has 4 heterocycles. The van der Waals surface area contributed by atoms with Gasteiger partial charge in [0.2, 0.25) is 21.9 Å². The van der Waals surface area contributed by atoms with Gasteiger partial charge in [-0.1, -0.05) is 0 Å². The van der Waals surface area contributed by atoms with Crippen LogP contribution in [0.1, 0.15) is 32.1 Å². The van der Waals surface area contributed by atoms with E-state index in [0.29, 0.717) is 48.1 Å². The van der Waals surface area contributed by atoms with Crippen molar-refractivity contribution in [3.63, 3.8) is 0 Å². The smallest absolute Gasteiger partial charge is 0.232 e. The summed E-state index contributed by atoms with van der Waals surface area (Å²) in [7, 11) is -3.54. The van der Waals surface area contributed by atoms with Crippen LogP contribution in [0.5, 0.6) is 5.88 Å². The van der Waals surface area contributed by atoms with E-state index < -0.39 is 10.0 Å². The Bertz CT molecular complexity index is 1320. The first-order valence-electron chi connectivity index (χ1n) is 12.9. The van der Waals surface area contributed by atoms with Crippen LogP contribution in [-0.4, -0.2) is 78.4 Å². The molecule has 0 radical (unpaired) electrons. The van der Waals surface area contributed by atoms with Gasteiger partial charge in [0.15, 0.2) is 0 Å². The van der Waals surface area contributed by atoms with Crippen molar-refractivity contribution in [1.82, 2.24) is 19.9 Å². The lowest BCUT2D eigenvalue weighted by molar-refractivity contribution is 0.122. The lowest BCUT2D eigenvalue weighted by Crippen LogP contribution is -2.37. The highest BCUT2D eigenvalue weighted by Crippen LogP contribution is 2.33. The molecule has 0 bridgehead atoms. The van der Waals surface area contributed by atoms with Crippen LogP contribution >= 0.6 is 11.6 Å². The van der Waals surface area contributed by atoms with Gasteiger partial charge in [0.05, 0.1) is 41.8 Å². The molecule has 3 aromatic heterocycles. The van der Waals surface area contributed by atoms with E-state index in [1.165, 1.54) is 6.20 Å². The van der Waals surface area contributed by atoms with Crippen LogP contribution in [0.3, 0.4) is 0 Å². The van der Waals surface area contributed by atoms with Crippen LogP contribution in [0.25, 0.3) is 10.9 Å². The summed E-state index contributed by atoms with van der Waals surface area (Å²) in [5.74, 6) is 2.09. The Kier molecular flexibility index (Phi) is 8.60. The fourth-order valence-electron chi connectivity index (χ4n) is 4.69. The molecule has 1 saturated heterocycles. The number of morpholine rings is 1. The van der Waals surface area contributed by atoms with Gasteiger partial charge in [-0.05, 0) is 44.2 Å². The third-order valence-corrected chi connectivity index (χ3v) is 8.28. The van der Waals surface area contributed by atoms with E-state index in [2.05, 4.69) is 29.9 Å². The van der Waals surface area contributed by atoms with Gasteiger partial charge >= 0.3 is 0 Å². The first-order valence-corrected chi connectivity index (χ1v) is 15.1. The quantitative estimate of drug-likeness (QED) is 0.355. The highest BCUT2D eigenvalue weighted by atomic mass is 35.5. The largest absolute Gasteiger partial charge is 0.474 e. The van der Waals surface area contributed by atoms with Crippen LogP contribution in [0.4, 0.5) is 17.5 Å². The fraction of sp³-hybridized carbons (Fsp3) is 0.520. The number of nitrogens with zero attached hydrogens (tertiary/aromatic N) is 5. The van der Waals surface area contributed by atoms with Gasteiger partial charge in [-0.2, -0.15) is 4.98 Å². The minimum atomic E-state index is -3.54. The zero-order valence-electron chi connectivity index (χ0n) is 21.1. The van der Waals surface area contributed by atoms with Crippen molar-refractivity contribution >= 4 is 50.0 Å². The summed E-state index contributed by atoms with van der Waals surface area (Å²) >= 11 is 5.68. The molecule has 204 valence electrons. The van der Waals surface area contributed by atoms with Crippen molar-refractivity contribution in [2.75, 3.05) is 52.9 Å². The number of hydrogen-bond donors (Lipinski definition) is 2. The van der Waals surface area contributed by atoms with Crippen LogP contribution in [0.15, 0.2) is 36.8 Å². The van der Waals surface area contributed by atoms with Gasteiger partial charge in [-0.3, -0.25) is 9.71 Å². The molecule has 1 aliphatic heterocycles. The fourth-order valence-corrected chi connectivity index (χ4v) is 6.08. The lowest BCUT2D eigenvalue weighted by Gasteiger charge is -2.31. The summed E-state index contributed by atoms with van der Waals surface area (Å²) in [6.45, 7) is 2.73. The Morgan fingerprint density at radius 2 is 1.84 bits per heavy atom. The number of rotatable bonds is 10. The first kappa shape index (κ1) is 26.6. The van der Waals surface area contributed by atoms with Crippen molar-refractivity contribution in [3.8, 4) is 5.88 Å². The molecule has 38 heavy (non-hydrogen) atoms. The van der Waals surface area contributed by atoms with Crippen molar-refractivity contribution in [2.45, 2.75) is 44.2 Å². The molecule has 2 N–H and O–H groups in total. The average Bonchev–Trinajstić information content (AvgIpc) is 2.94. The Morgan fingerprint density at radius 3 is 2.58 bits per heavy atom. The maximum absolute atomic E-state index is 12.4. The van der Waals surface area contributed by atoms with Crippen molar-refractivity contribution < 1.29 is 17.9 Å². The molecule has 5 rings (SSSR count). The minimum absolute atomic E-state index is 0.0237. The zero-order valence-corrected chi connectivity index (χ0v) is 22.6. The van der Waals surface area contributed by atoms with E-state index in [4.69, 9.17) is 26.1 Å². The molecule has 1 aliphatic carbocycles. The highest BCUT2D eigenvalue weighted by molar-refractivity contribution is 7.92. The molecule has 11 nitrogen and oxygen atoms in total. The normalized spacial score (nSPS) is 20.3. The van der Waals surface area contributed by atoms with Crippen LogP contribution in [0.2, 0.25) is 0 Å². The number of sulfonamides is 1. The standard InChI is InChI=1S/C25H32ClN7O4S/c26-7-1-14-38(34,35)32-19-15-21-22(29-17-19)16-23(33-10-12-36-13-11-33)31-24(21)37-20-5-3-18(4-6-20)30-25-27-8-2-9-28-25/h2,8-9,15-18,20,32H,1,3-7,10-14H2,(H,27,28,30)/t18-,20+. The summed E-state index contributed by atoms with van der Waals surface area (Å²) in [4.78, 5) is 20.1. The van der Waals surface area contributed by atoms with E-state index in [-0.39, 0.29) is 23.8 Å². The number of pyridine rings is 2. The molecule has 0 amide bonds. The Hall–Kier alpha value is -2.96. The van der Waals surface area contributed by atoms with Gasteiger partial charge in [0.1, 0.15) is 11.9 Å². The maximum atomic E-state index is 12.4. The lowest BCUT2D eigenvalue weighted by atomic mass is 9.93. The number of nitrogens with one attached hydrogen (secondary N) is 2. The van der Waals surface area contributed by atoms with E-state index in [0.717, 1.165) is 44.6 Å². The molecule has 3 aromatic rings. The van der Waals surface area contributed by atoms with Crippen LogP contribution < -0.4 is 19.7 Å². The van der Waals surface area contributed by atoms with Crippen LogP contribution in [-0.2, 0) is 14.8 Å². The molecular weight excluding hydrogens is 530 g/mol. The first-order chi connectivity index (χ1) is 18.5. The van der Waals surface area contributed by atoms with Gasteiger partial charge < -0.3 is 19.7 Å². The molecule has 1 saturated carbocycles. The number of ether oxygens (including phenoxy) is 2. The Labute approximate surface area is 227 Å². The number of halogens is 1. The molecular formula is C25H32ClN7O4S. The number of hydrogen-bond acceptors (Lipinski definition) is 10. The van der Waals surface area contributed by atoms with Gasteiger partial charge in [-0.25, -0.2) is 18.4 Å². The van der Waals surface area contributed by atoms with Gasteiger partial charge in [0.25, 0.3) is 0 Å². The summed E-state index contributed by atoms with van der Waals surface area (Å²) in [6.07, 6.45) is 8.82. The summed E-state index contributed by atoms with van der Waals surface area (Å²) < 4.78 is 39.5. The molecule has 2 aliphatic rings. The third-order valence-electron chi connectivity index (χ3n) is 6.64. The number of anilines is 3. The predicted molar refractivity (Wildman–Crippen MR) is 148 cm³/mol. The zero-order chi connectivity index (χ0) is 26.4. The second-order valence-corrected chi connectivity index (χ2v) is 11.7. The number of aromatic nitrogens is 4. The van der Waals surface area contributed by atoms with Gasteiger partial charge in [-0.15, -0.1) is 11.6 Å². The summed E-state index contributed by atoms with van der Waals surface area (Å²) in [5.41, 5.74) is 1.06. The molecule has 0 spiro atoms. The van der Waals surface area contributed by atoms with E-state index >= 15 is 0 Å². The van der Waals surface area contributed by atoms with E-state index in [9.17, 15) is 8.42 Å². The summed E-state index contributed by atoms with van der Waals surface area (Å²) in [5, 5.41) is 4.06. The predicted octanol–water partition coefficient (Wildman–Crippen LogP) is 3.43. The monoisotopic (exact) mass is 561 g/mol. The van der Waals surface area contributed by atoms with Crippen LogP contribution in [0, 0.1) is 0 Å². The number of fused-ring (bicyclic) bond motifs is 1. The second-order valence-electron chi connectivity index (χ2n) is 9.45. The van der Waals surface area contributed by atoms with E-state index in [1.807, 2.05) is 6.07 Å². The summed E-state index contributed by atoms with van der Waals surface area (Å²) in [6, 6.07) is 5.73. The van der Waals surface area contributed by atoms with Crippen molar-refractivity contribution in [3.05, 3.63) is 36.8 Å². The molecule has 0 unspecified atom stereocenters. The van der Waals surface area contributed by atoms with E-state index in [1.54, 1.807) is 24.5 Å². The average molecular weight is 562 g/mol. The molecule has 0 atom stereocenters. The molecule has 0 aromatic carbocycles. The second kappa shape index (κ2) is 12.3. The molecule has 13 heteroatoms. The highest BCUT2D eigenvalue weighted by Gasteiger charge is 2.25. The SMILES string of the molecule is O=S(=O)(CCCCl)Nc1cnc2cc(N3CCOCC3)nc(O[C@H]3CC[C@@H](Nc4ncccn4)CC3)c2c1. The Balaban J connectivity index is 1.36. The van der Waals surface area contributed by atoms with Crippen molar-refractivity contribution in [2.24, 2.45) is 0 Å². The molecule has 2 fully saturated rings. The Morgan fingerprint density at radius 1 is 1.08 bits per heavy atom. The minimum Gasteiger partial charge on any atom is -0.474 e. The van der Waals surface area contributed by atoms with Gasteiger partial charge in [0, 0.05) is 43.5 Å². The third kappa shape index (κ3) is 6.91. The topological polar surface area (TPSA) is 131 Å². The number of alkyl halides is 1. The maximum Gasteiger partial charge on any atom is 0.232 e.